The Hall–Kier alpha value is -1.33. The molecule has 0 fully saturated rings. The van der Waals surface area contributed by atoms with Crippen molar-refractivity contribution in [1.29, 1.82) is 0 Å². The summed E-state index contributed by atoms with van der Waals surface area (Å²) in [5.41, 5.74) is 1.75. The third-order valence-corrected chi connectivity index (χ3v) is 3.44. The summed E-state index contributed by atoms with van der Waals surface area (Å²) >= 11 is 3.39. The van der Waals surface area contributed by atoms with Gasteiger partial charge in [-0.3, -0.25) is 4.98 Å². The summed E-state index contributed by atoms with van der Waals surface area (Å²) in [6.45, 7) is 2.78. The van der Waals surface area contributed by atoms with E-state index in [1.54, 1.807) is 18.5 Å². The van der Waals surface area contributed by atoms with Crippen molar-refractivity contribution in [2.45, 2.75) is 19.4 Å². The zero-order valence-corrected chi connectivity index (χ0v) is 12.6. The van der Waals surface area contributed by atoms with Gasteiger partial charge in [0.2, 0.25) is 0 Å². The molecule has 0 aliphatic rings. The normalized spacial score (nSPS) is 12.4. The first-order chi connectivity index (χ1) is 9.60. The molecule has 1 atom stereocenters. The van der Waals surface area contributed by atoms with Crippen molar-refractivity contribution in [1.82, 2.24) is 10.3 Å². The fraction of sp³-hybridized carbons (Fsp3) is 0.267. The first kappa shape index (κ1) is 15.1. The molecule has 0 spiro atoms. The molecule has 1 unspecified atom stereocenters. The van der Waals surface area contributed by atoms with Gasteiger partial charge in [-0.05, 0) is 58.2 Å². The minimum absolute atomic E-state index is 0.00913. The molecule has 1 N–H and O–H groups in total. The molecule has 0 bridgehead atoms. The molecule has 2 nitrogen and oxygen atoms in total. The van der Waals surface area contributed by atoms with E-state index in [9.17, 15) is 8.78 Å². The van der Waals surface area contributed by atoms with Crippen LogP contribution < -0.4 is 5.32 Å². The van der Waals surface area contributed by atoms with Gasteiger partial charge in [0.05, 0.1) is 0 Å². The van der Waals surface area contributed by atoms with Crippen LogP contribution >= 0.6 is 15.9 Å². The lowest BCUT2D eigenvalue weighted by Crippen LogP contribution is -2.23. The molecular formula is C15H15BrF2N2. The van der Waals surface area contributed by atoms with E-state index in [1.165, 1.54) is 6.07 Å². The SMILES string of the molecule is CCNC(Cc1ccc(F)c(F)c1)c1cncc(Br)c1. The average Bonchev–Trinajstić information content (AvgIpc) is 2.42. The second-order valence-electron chi connectivity index (χ2n) is 4.50. The molecule has 1 heterocycles. The summed E-state index contributed by atoms with van der Waals surface area (Å²) < 4.78 is 27.1. The number of aromatic nitrogens is 1. The Morgan fingerprint density at radius 3 is 2.65 bits per heavy atom. The van der Waals surface area contributed by atoms with Gasteiger partial charge in [-0.15, -0.1) is 0 Å². The fourth-order valence-electron chi connectivity index (χ4n) is 2.08. The van der Waals surface area contributed by atoms with E-state index < -0.39 is 11.6 Å². The number of benzene rings is 1. The molecule has 0 aliphatic heterocycles. The summed E-state index contributed by atoms with van der Waals surface area (Å²) in [5, 5.41) is 3.33. The van der Waals surface area contributed by atoms with Crippen molar-refractivity contribution in [3.8, 4) is 0 Å². The Kier molecular flexibility index (Phi) is 5.20. The lowest BCUT2D eigenvalue weighted by molar-refractivity contribution is 0.502. The molecule has 0 saturated heterocycles. The number of halogens is 3. The number of hydrogen-bond acceptors (Lipinski definition) is 2. The van der Waals surface area contributed by atoms with E-state index in [0.717, 1.165) is 28.2 Å². The van der Waals surface area contributed by atoms with E-state index in [-0.39, 0.29) is 6.04 Å². The maximum Gasteiger partial charge on any atom is 0.159 e. The first-order valence-electron chi connectivity index (χ1n) is 6.38. The molecular weight excluding hydrogens is 326 g/mol. The highest BCUT2D eigenvalue weighted by atomic mass is 79.9. The molecule has 106 valence electrons. The van der Waals surface area contributed by atoms with Crippen LogP contribution in [0.2, 0.25) is 0 Å². The zero-order valence-electron chi connectivity index (χ0n) is 11.0. The Balaban J connectivity index is 2.22. The summed E-state index contributed by atoms with van der Waals surface area (Å²) in [5.74, 6) is -1.64. The Morgan fingerprint density at radius 1 is 1.20 bits per heavy atom. The number of likely N-dealkylation sites (N-methyl/N-ethyl adjacent to an activating group) is 1. The van der Waals surface area contributed by atoms with Gasteiger partial charge in [-0.2, -0.15) is 0 Å². The van der Waals surface area contributed by atoms with Crippen LogP contribution in [-0.4, -0.2) is 11.5 Å². The van der Waals surface area contributed by atoms with Crippen LogP contribution in [0.5, 0.6) is 0 Å². The van der Waals surface area contributed by atoms with Crippen LogP contribution in [0.25, 0.3) is 0 Å². The molecule has 5 heteroatoms. The highest BCUT2D eigenvalue weighted by molar-refractivity contribution is 9.10. The van der Waals surface area contributed by atoms with E-state index in [1.807, 2.05) is 13.0 Å². The van der Waals surface area contributed by atoms with Gasteiger partial charge in [0, 0.05) is 22.9 Å². The molecule has 0 amide bonds. The number of nitrogens with zero attached hydrogens (tertiary/aromatic N) is 1. The zero-order chi connectivity index (χ0) is 14.5. The smallest absolute Gasteiger partial charge is 0.159 e. The molecule has 0 saturated carbocycles. The monoisotopic (exact) mass is 340 g/mol. The van der Waals surface area contributed by atoms with Gasteiger partial charge >= 0.3 is 0 Å². The molecule has 20 heavy (non-hydrogen) atoms. The van der Waals surface area contributed by atoms with Crippen LogP contribution in [0.1, 0.15) is 24.1 Å². The van der Waals surface area contributed by atoms with Gasteiger partial charge in [-0.1, -0.05) is 13.0 Å². The van der Waals surface area contributed by atoms with Gasteiger partial charge in [-0.25, -0.2) is 8.78 Å². The van der Waals surface area contributed by atoms with Gasteiger partial charge in [0.1, 0.15) is 0 Å². The van der Waals surface area contributed by atoms with E-state index in [2.05, 4.69) is 26.2 Å². The second kappa shape index (κ2) is 6.90. The van der Waals surface area contributed by atoms with Crippen LogP contribution in [0.3, 0.4) is 0 Å². The van der Waals surface area contributed by atoms with Gasteiger partial charge in [0.25, 0.3) is 0 Å². The predicted octanol–water partition coefficient (Wildman–Crippen LogP) is 4.02. The Bertz CT molecular complexity index is 590. The highest BCUT2D eigenvalue weighted by Crippen LogP contribution is 2.21. The van der Waals surface area contributed by atoms with Crippen molar-refractivity contribution in [2.24, 2.45) is 0 Å². The summed E-state index contributed by atoms with van der Waals surface area (Å²) in [7, 11) is 0. The third-order valence-electron chi connectivity index (χ3n) is 3.00. The quantitative estimate of drug-likeness (QED) is 0.889. The molecule has 2 rings (SSSR count). The van der Waals surface area contributed by atoms with Crippen LogP contribution in [0.15, 0.2) is 41.1 Å². The van der Waals surface area contributed by atoms with E-state index >= 15 is 0 Å². The van der Waals surface area contributed by atoms with Crippen molar-refractivity contribution in [2.75, 3.05) is 6.54 Å². The minimum atomic E-state index is -0.821. The number of rotatable bonds is 5. The Labute approximate surface area is 125 Å². The third kappa shape index (κ3) is 3.84. The maximum atomic E-state index is 13.3. The topological polar surface area (TPSA) is 24.9 Å². The molecule has 1 aromatic carbocycles. The first-order valence-corrected chi connectivity index (χ1v) is 7.17. The molecule has 0 radical (unpaired) electrons. The standard InChI is InChI=1S/C15H15BrF2N2/c1-2-20-15(11-7-12(16)9-19-8-11)6-10-3-4-13(17)14(18)5-10/h3-5,7-9,15,20H,2,6H2,1H3. The van der Waals surface area contributed by atoms with Crippen molar-refractivity contribution in [3.05, 3.63) is 63.9 Å². The van der Waals surface area contributed by atoms with Crippen LogP contribution in [0.4, 0.5) is 8.78 Å². The van der Waals surface area contributed by atoms with Gasteiger partial charge < -0.3 is 5.32 Å². The van der Waals surface area contributed by atoms with Gasteiger partial charge in [0.15, 0.2) is 11.6 Å². The number of nitrogens with one attached hydrogen (secondary N) is 1. The summed E-state index contributed by atoms with van der Waals surface area (Å²) in [6, 6.07) is 5.99. The molecule has 0 aliphatic carbocycles. The fourth-order valence-corrected chi connectivity index (χ4v) is 2.46. The van der Waals surface area contributed by atoms with E-state index in [0.29, 0.717) is 6.42 Å². The summed E-state index contributed by atoms with van der Waals surface area (Å²) in [6.07, 6.45) is 4.06. The van der Waals surface area contributed by atoms with Crippen molar-refractivity contribution in [3.63, 3.8) is 0 Å². The number of pyridine rings is 1. The highest BCUT2D eigenvalue weighted by Gasteiger charge is 2.13. The van der Waals surface area contributed by atoms with Crippen LogP contribution in [0, 0.1) is 11.6 Å². The van der Waals surface area contributed by atoms with Crippen LogP contribution in [-0.2, 0) is 6.42 Å². The van der Waals surface area contributed by atoms with E-state index in [4.69, 9.17) is 0 Å². The minimum Gasteiger partial charge on any atom is -0.310 e. The maximum absolute atomic E-state index is 13.3. The largest absolute Gasteiger partial charge is 0.310 e. The number of hydrogen-bond donors (Lipinski definition) is 1. The lowest BCUT2D eigenvalue weighted by atomic mass is 10.00. The lowest BCUT2D eigenvalue weighted by Gasteiger charge is -2.18. The van der Waals surface area contributed by atoms with Crippen molar-refractivity contribution >= 4 is 15.9 Å². The van der Waals surface area contributed by atoms with Crippen molar-refractivity contribution < 1.29 is 8.78 Å². The predicted molar refractivity (Wildman–Crippen MR) is 78.4 cm³/mol. The molecule has 2 aromatic rings. The average molecular weight is 341 g/mol. The molecule has 1 aromatic heterocycles. The summed E-state index contributed by atoms with van der Waals surface area (Å²) in [4.78, 5) is 4.14. The second-order valence-corrected chi connectivity index (χ2v) is 5.42. The Morgan fingerprint density at radius 2 is 2.00 bits per heavy atom.